The van der Waals surface area contributed by atoms with Crippen LogP contribution in [0.5, 0.6) is 5.75 Å². The van der Waals surface area contributed by atoms with Crippen molar-refractivity contribution >= 4 is 15.9 Å². The van der Waals surface area contributed by atoms with Crippen LogP contribution in [0.3, 0.4) is 0 Å². The van der Waals surface area contributed by atoms with Crippen LogP contribution in [0.2, 0.25) is 0 Å². The third-order valence-corrected chi connectivity index (χ3v) is 2.59. The van der Waals surface area contributed by atoms with Gasteiger partial charge in [-0.1, -0.05) is 29.8 Å². The van der Waals surface area contributed by atoms with Crippen molar-refractivity contribution in [3.63, 3.8) is 0 Å². The van der Waals surface area contributed by atoms with Gasteiger partial charge in [-0.25, -0.2) is 0 Å². The topological polar surface area (TPSA) is 9.23 Å². The fourth-order valence-electron chi connectivity index (χ4n) is 1.21. The van der Waals surface area contributed by atoms with E-state index in [9.17, 15) is 0 Å². The number of rotatable bonds is 3. The molecular weight excluding hydrogens is 228 g/mol. The second-order valence-corrected chi connectivity index (χ2v) is 4.12. The van der Waals surface area contributed by atoms with Gasteiger partial charge >= 0.3 is 0 Å². The molecule has 0 saturated carbocycles. The SMILES string of the molecule is [CH2]C(C)Cc1cc(OC)ccc1Br. The molecule has 13 heavy (non-hydrogen) atoms. The van der Waals surface area contributed by atoms with E-state index in [1.54, 1.807) is 7.11 Å². The molecule has 0 spiro atoms. The van der Waals surface area contributed by atoms with Gasteiger partial charge in [0.25, 0.3) is 0 Å². The largest absolute Gasteiger partial charge is 0.497 e. The first kappa shape index (κ1) is 10.6. The van der Waals surface area contributed by atoms with E-state index in [1.165, 1.54) is 5.56 Å². The van der Waals surface area contributed by atoms with Crippen LogP contribution in [0.15, 0.2) is 22.7 Å². The first-order chi connectivity index (χ1) is 6.13. The molecule has 1 rings (SSSR count). The smallest absolute Gasteiger partial charge is 0.119 e. The molecule has 0 aliphatic rings. The van der Waals surface area contributed by atoms with Crippen molar-refractivity contribution < 1.29 is 4.74 Å². The molecule has 2 heteroatoms. The minimum atomic E-state index is 0.420. The molecular formula is C11H14BrO. The second kappa shape index (κ2) is 4.66. The van der Waals surface area contributed by atoms with Gasteiger partial charge in [-0.15, -0.1) is 0 Å². The molecule has 0 bridgehead atoms. The molecule has 0 heterocycles. The minimum Gasteiger partial charge on any atom is -0.497 e. The molecule has 1 atom stereocenters. The summed E-state index contributed by atoms with van der Waals surface area (Å²) in [6.45, 7) is 6.07. The molecule has 1 aromatic carbocycles. The summed E-state index contributed by atoms with van der Waals surface area (Å²) in [5.41, 5.74) is 1.25. The molecule has 0 N–H and O–H groups in total. The summed E-state index contributed by atoms with van der Waals surface area (Å²) in [6, 6.07) is 6.00. The number of methoxy groups -OCH3 is 1. The maximum Gasteiger partial charge on any atom is 0.119 e. The van der Waals surface area contributed by atoms with E-state index < -0.39 is 0 Å². The van der Waals surface area contributed by atoms with Crippen LogP contribution in [-0.2, 0) is 6.42 Å². The molecule has 1 nitrogen and oxygen atoms in total. The van der Waals surface area contributed by atoms with Gasteiger partial charge in [-0.05, 0) is 36.1 Å². The molecule has 1 radical (unpaired) electrons. The van der Waals surface area contributed by atoms with Crippen molar-refractivity contribution in [2.24, 2.45) is 5.92 Å². The van der Waals surface area contributed by atoms with Crippen LogP contribution in [0.1, 0.15) is 12.5 Å². The highest BCUT2D eigenvalue weighted by Gasteiger charge is 2.04. The van der Waals surface area contributed by atoms with Crippen molar-refractivity contribution in [2.45, 2.75) is 13.3 Å². The van der Waals surface area contributed by atoms with Gasteiger partial charge in [-0.2, -0.15) is 0 Å². The molecule has 0 amide bonds. The highest BCUT2D eigenvalue weighted by Crippen LogP contribution is 2.24. The monoisotopic (exact) mass is 241 g/mol. The van der Waals surface area contributed by atoms with Crippen LogP contribution < -0.4 is 4.74 Å². The van der Waals surface area contributed by atoms with Crippen molar-refractivity contribution in [3.05, 3.63) is 35.2 Å². The van der Waals surface area contributed by atoms with Gasteiger partial charge in [0.05, 0.1) is 7.11 Å². The van der Waals surface area contributed by atoms with E-state index in [4.69, 9.17) is 4.74 Å². The first-order valence-electron chi connectivity index (χ1n) is 4.29. The Bertz CT molecular complexity index is 281. The number of hydrogen-bond acceptors (Lipinski definition) is 1. The molecule has 1 unspecified atom stereocenters. The van der Waals surface area contributed by atoms with E-state index in [0.717, 1.165) is 16.6 Å². The fourth-order valence-corrected chi connectivity index (χ4v) is 1.62. The summed E-state index contributed by atoms with van der Waals surface area (Å²) >= 11 is 3.50. The lowest BCUT2D eigenvalue weighted by molar-refractivity contribution is 0.414. The normalized spacial score (nSPS) is 10.5. The zero-order valence-corrected chi connectivity index (χ0v) is 9.60. The van der Waals surface area contributed by atoms with E-state index in [-0.39, 0.29) is 0 Å². The Balaban J connectivity index is 2.90. The van der Waals surface area contributed by atoms with E-state index in [0.29, 0.717) is 5.92 Å². The maximum atomic E-state index is 5.15. The molecule has 1 aromatic rings. The van der Waals surface area contributed by atoms with Crippen molar-refractivity contribution in [2.75, 3.05) is 7.11 Å². The lowest BCUT2D eigenvalue weighted by Gasteiger charge is -2.09. The summed E-state index contributed by atoms with van der Waals surface area (Å²) in [6.07, 6.45) is 0.970. The summed E-state index contributed by atoms with van der Waals surface area (Å²) in [5.74, 6) is 1.32. The predicted molar refractivity (Wildman–Crippen MR) is 58.9 cm³/mol. The van der Waals surface area contributed by atoms with Crippen molar-refractivity contribution in [1.82, 2.24) is 0 Å². The Morgan fingerprint density at radius 1 is 1.54 bits per heavy atom. The predicted octanol–water partition coefficient (Wildman–Crippen LogP) is 3.47. The third-order valence-electron chi connectivity index (χ3n) is 1.82. The Morgan fingerprint density at radius 3 is 2.77 bits per heavy atom. The van der Waals surface area contributed by atoms with E-state index in [2.05, 4.69) is 29.8 Å². The van der Waals surface area contributed by atoms with Gasteiger partial charge in [-0.3, -0.25) is 0 Å². The van der Waals surface area contributed by atoms with Crippen LogP contribution in [0.25, 0.3) is 0 Å². The van der Waals surface area contributed by atoms with Crippen molar-refractivity contribution in [1.29, 1.82) is 0 Å². The third kappa shape index (κ3) is 3.03. The lowest BCUT2D eigenvalue weighted by Crippen LogP contribution is -1.96. The van der Waals surface area contributed by atoms with Gasteiger partial charge in [0.2, 0.25) is 0 Å². The quantitative estimate of drug-likeness (QED) is 0.788. The zero-order valence-electron chi connectivity index (χ0n) is 8.01. The fraction of sp³-hybridized carbons (Fsp3) is 0.364. The highest BCUT2D eigenvalue weighted by molar-refractivity contribution is 9.10. The van der Waals surface area contributed by atoms with Crippen molar-refractivity contribution in [3.8, 4) is 5.75 Å². The van der Waals surface area contributed by atoms with Crippen LogP contribution >= 0.6 is 15.9 Å². The average Bonchev–Trinajstić information content (AvgIpc) is 2.08. The molecule has 0 fully saturated rings. The zero-order chi connectivity index (χ0) is 9.84. The van der Waals surface area contributed by atoms with E-state index >= 15 is 0 Å². The maximum absolute atomic E-state index is 5.15. The number of ether oxygens (including phenoxy) is 1. The summed E-state index contributed by atoms with van der Waals surface area (Å²) in [4.78, 5) is 0. The Morgan fingerprint density at radius 2 is 2.23 bits per heavy atom. The Labute approximate surface area is 88.2 Å². The van der Waals surface area contributed by atoms with Gasteiger partial charge < -0.3 is 4.74 Å². The van der Waals surface area contributed by atoms with Crippen LogP contribution in [0.4, 0.5) is 0 Å². The Kier molecular flexibility index (Phi) is 3.79. The standard InChI is InChI=1S/C11H14BrO/c1-8(2)6-9-7-10(13-3)4-5-11(9)12/h4-5,7-8H,1,6H2,2-3H3. The Hall–Kier alpha value is -0.500. The number of hydrogen-bond donors (Lipinski definition) is 0. The molecule has 71 valence electrons. The van der Waals surface area contributed by atoms with Gasteiger partial charge in [0.1, 0.15) is 5.75 Å². The number of halogens is 1. The van der Waals surface area contributed by atoms with Crippen LogP contribution in [0, 0.1) is 12.8 Å². The van der Waals surface area contributed by atoms with Crippen LogP contribution in [-0.4, -0.2) is 7.11 Å². The van der Waals surface area contributed by atoms with Gasteiger partial charge in [0.15, 0.2) is 0 Å². The first-order valence-corrected chi connectivity index (χ1v) is 5.08. The summed E-state index contributed by atoms with van der Waals surface area (Å²) in [7, 11) is 1.68. The molecule has 0 aromatic heterocycles. The van der Waals surface area contributed by atoms with Gasteiger partial charge in [0, 0.05) is 4.47 Å². The lowest BCUT2D eigenvalue weighted by atomic mass is 10.0. The number of benzene rings is 1. The summed E-state index contributed by atoms with van der Waals surface area (Å²) in [5, 5.41) is 0. The molecule has 0 saturated heterocycles. The molecule has 0 aliphatic heterocycles. The second-order valence-electron chi connectivity index (χ2n) is 3.27. The van der Waals surface area contributed by atoms with E-state index in [1.807, 2.05) is 18.2 Å². The minimum absolute atomic E-state index is 0.420. The average molecular weight is 242 g/mol. The summed E-state index contributed by atoms with van der Waals surface area (Å²) < 4.78 is 6.28. The highest BCUT2D eigenvalue weighted by atomic mass is 79.9. The molecule has 0 aliphatic carbocycles.